The summed E-state index contributed by atoms with van der Waals surface area (Å²) in [6, 6.07) is 15.7. The van der Waals surface area contributed by atoms with E-state index in [1.165, 1.54) is 29.3 Å². The van der Waals surface area contributed by atoms with Crippen LogP contribution in [-0.2, 0) is 6.54 Å². The van der Waals surface area contributed by atoms with Crippen molar-refractivity contribution in [3.63, 3.8) is 0 Å². The topological polar surface area (TPSA) is 29.3 Å². The maximum atomic E-state index is 6.00. The molecule has 3 rings (SSSR count). The van der Waals surface area contributed by atoms with Crippen LogP contribution in [0.15, 0.2) is 42.5 Å². The molecule has 0 aliphatic carbocycles. The maximum absolute atomic E-state index is 6.00. The summed E-state index contributed by atoms with van der Waals surface area (Å²) in [5.74, 6) is 0.667. The smallest absolute Gasteiger partial charge is 0.0234 e. The first-order valence-electron chi connectivity index (χ1n) is 7.18. The molecule has 2 nitrogen and oxygen atoms in total. The van der Waals surface area contributed by atoms with E-state index in [4.69, 9.17) is 5.73 Å². The number of hydrogen-bond acceptors (Lipinski definition) is 2. The Morgan fingerprint density at radius 1 is 1.20 bits per heavy atom. The first-order valence-corrected chi connectivity index (χ1v) is 7.18. The molecule has 2 aromatic carbocycles. The fraction of sp³-hybridized carbons (Fsp3) is 0.412. The van der Waals surface area contributed by atoms with Gasteiger partial charge in [-0.3, -0.25) is 4.90 Å². The van der Waals surface area contributed by atoms with Gasteiger partial charge in [0.25, 0.3) is 0 Å². The molecule has 0 saturated carbocycles. The second kappa shape index (κ2) is 6.57. The molecular weight excluding hydrogens is 268 g/mol. The van der Waals surface area contributed by atoms with Crippen LogP contribution in [0, 0.1) is 5.92 Å². The van der Waals surface area contributed by atoms with Crippen LogP contribution >= 0.6 is 12.4 Å². The number of hydrogen-bond donors (Lipinski definition) is 1. The molecule has 1 aliphatic rings. The third-order valence-corrected chi connectivity index (χ3v) is 4.27. The van der Waals surface area contributed by atoms with E-state index < -0.39 is 0 Å². The van der Waals surface area contributed by atoms with Crippen LogP contribution in [0.2, 0.25) is 0 Å². The van der Waals surface area contributed by atoms with Gasteiger partial charge in [0.1, 0.15) is 0 Å². The van der Waals surface area contributed by atoms with Gasteiger partial charge in [0.2, 0.25) is 0 Å². The van der Waals surface area contributed by atoms with Crippen LogP contribution in [0.1, 0.15) is 18.9 Å². The molecule has 2 N–H and O–H groups in total. The Bertz CT molecular complexity index is 568. The van der Waals surface area contributed by atoms with Crippen LogP contribution in [0.3, 0.4) is 0 Å². The summed E-state index contributed by atoms with van der Waals surface area (Å²) >= 11 is 0. The molecule has 2 aromatic rings. The number of rotatable bonds is 3. The zero-order valence-corrected chi connectivity index (χ0v) is 12.8. The summed E-state index contributed by atoms with van der Waals surface area (Å²) in [7, 11) is 0. The molecule has 108 valence electrons. The first-order chi connectivity index (χ1) is 9.22. The number of nitrogens with two attached hydrogens (primary N) is 1. The second-order valence-corrected chi connectivity index (χ2v) is 5.82. The van der Waals surface area contributed by atoms with Gasteiger partial charge in [-0.1, -0.05) is 36.4 Å². The summed E-state index contributed by atoms with van der Waals surface area (Å²) in [5.41, 5.74) is 7.41. The van der Waals surface area contributed by atoms with Crippen molar-refractivity contribution < 1.29 is 0 Å². The van der Waals surface area contributed by atoms with Crippen LogP contribution in [-0.4, -0.2) is 24.0 Å². The van der Waals surface area contributed by atoms with Gasteiger partial charge >= 0.3 is 0 Å². The highest BCUT2D eigenvalue weighted by Gasteiger charge is 2.24. The Morgan fingerprint density at radius 3 is 2.65 bits per heavy atom. The molecule has 0 radical (unpaired) electrons. The minimum absolute atomic E-state index is 0. The monoisotopic (exact) mass is 290 g/mol. The van der Waals surface area contributed by atoms with Gasteiger partial charge in [-0.2, -0.15) is 0 Å². The van der Waals surface area contributed by atoms with Crippen molar-refractivity contribution in [1.82, 2.24) is 4.90 Å². The highest BCUT2D eigenvalue weighted by Crippen LogP contribution is 2.22. The third-order valence-electron chi connectivity index (χ3n) is 4.27. The highest BCUT2D eigenvalue weighted by molar-refractivity contribution is 5.85. The zero-order valence-electron chi connectivity index (χ0n) is 12.0. The SMILES string of the molecule is CC(N)C1CCN(Cc2ccc3ccccc3c2)C1.Cl. The highest BCUT2D eigenvalue weighted by atomic mass is 35.5. The summed E-state index contributed by atoms with van der Waals surface area (Å²) in [6.07, 6.45) is 1.24. The van der Waals surface area contributed by atoms with Crippen LogP contribution < -0.4 is 5.73 Å². The van der Waals surface area contributed by atoms with Gasteiger partial charge in [0.05, 0.1) is 0 Å². The Kier molecular flexibility index (Phi) is 5.03. The molecule has 0 amide bonds. The third kappa shape index (κ3) is 3.32. The van der Waals surface area contributed by atoms with E-state index >= 15 is 0 Å². The minimum atomic E-state index is 0. The number of likely N-dealkylation sites (tertiary alicyclic amines) is 1. The molecule has 1 aliphatic heterocycles. The van der Waals surface area contributed by atoms with Crippen molar-refractivity contribution in [3.05, 3.63) is 48.0 Å². The normalized spacial score (nSPS) is 20.8. The van der Waals surface area contributed by atoms with Gasteiger partial charge in [-0.25, -0.2) is 0 Å². The predicted octanol–water partition coefficient (Wildman–Crippen LogP) is 3.43. The lowest BCUT2D eigenvalue weighted by atomic mass is 10.0. The van der Waals surface area contributed by atoms with Crippen molar-refractivity contribution >= 4 is 23.2 Å². The van der Waals surface area contributed by atoms with E-state index in [1.807, 2.05) is 0 Å². The maximum Gasteiger partial charge on any atom is 0.0234 e. The fourth-order valence-corrected chi connectivity index (χ4v) is 3.03. The van der Waals surface area contributed by atoms with E-state index in [0.29, 0.717) is 12.0 Å². The van der Waals surface area contributed by atoms with Gasteiger partial charge in [0.15, 0.2) is 0 Å². The number of benzene rings is 2. The molecule has 0 bridgehead atoms. The van der Waals surface area contributed by atoms with Crippen LogP contribution in [0.25, 0.3) is 10.8 Å². The standard InChI is InChI=1S/C17H22N2.ClH/c1-13(18)17-8-9-19(12-17)11-14-6-7-15-4-2-3-5-16(15)10-14;/h2-7,10,13,17H,8-9,11-12,18H2,1H3;1H. The zero-order chi connectivity index (χ0) is 13.2. The van der Waals surface area contributed by atoms with Gasteiger partial charge in [-0.05, 0) is 48.2 Å². The lowest BCUT2D eigenvalue weighted by Crippen LogP contribution is -2.29. The lowest BCUT2D eigenvalue weighted by molar-refractivity contribution is 0.308. The van der Waals surface area contributed by atoms with E-state index in [1.54, 1.807) is 0 Å². The number of halogens is 1. The van der Waals surface area contributed by atoms with E-state index in [2.05, 4.69) is 54.3 Å². The van der Waals surface area contributed by atoms with Crippen LogP contribution in [0.5, 0.6) is 0 Å². The van der Waals surface area contributed by atoms with E-state index in [0.717, 1.165) is 13.1 Å². The fourth-order valence-electron chi connectivity index (χ4n) is 3.03. The predicted molar refractivity (Wildman–Crippen MR) is 88.2 cm³/mol. The summed E-state index contributed by atoms with van der Waals surface area (Å²) in [6.45, 7) is 5.50. The Hall–Kier alpha value is -1.09. The summed E-state index contributed by atoms with van der Waals surface area (Å²) in [4.78, 5) is 2.53. The Balaban J connectivity index is 0.00000147. The van der Waals surface area contributed by atoms with Crippen molar-refractivity contribution in [1.29, 1.82) is 0 Å². The van der Waals surface area contributed by atoms with Crippen molar-refractivity contribution in [2.24, 2.45) is 11.7 Å². The molecule has 2 unspecified atom stereocenters. The largest absolute Gasteiger partial charge is 0.328 e. The minimum Gasteiger partial charge on any atom is -0.328 e. The quantitative estimate of drug-likeness (QED) is 0.938. The first kappa shape index (κ1) is 15.3. The molecular formula is C17H23ClN2. The Morgan fingerprint density at radius 2 is 1.95 bits per heavy atom. The molecule has 1 fully saturated rings. The van der Waals surface area contributed by atoms with E-state index in [9.17, 15) is 0 Å². The average molecular weight is 291 g/mol. The van der Waals surface area contributed by atoms with Crippen LogP contribution in [0.4, 0.5) is 0 Å². The summed E-state index contributed by atoms with van der Waals surface area (Å²) < 4.78 is 0. The van der Waals surface area contributed by atoms with Crippen molar-refractivity contribution in [3.8, 4) is 0 Å². The number of nitrogens with zero attached hydrogens (tertiary/aromatic N) is 1. The molecule has 2 atom stereocenters. The van der Waals surface area contributed by atoms with Gasteiger partial charge < -0.3 is 5.73 Å². The molecule has 1 saturated heterocycles. The molecule has 0 aromatic heterocycles. The lowest BCUT2D eigenvalue weighted by Gasteiger charge is -2.18. The van der Waals surface area contributed by atoms with Crippen molar-refractivity contribution in [2.75, 3.05) is 13.1 Å². The van der Waals surface area contributed by atoms with Crippen molar-refractivity contribution in [2.45, 2.75) is 25.9 Å². The summed E-state index contributed by atoms with van der Waals surface area (Å²) in [5, 5.41) is 2.66. The number of fused-ring (bicyclic) bond motifs is 1. The van der Waals surface area contributed by atoms with Gasteiger partial charge in [-0.15, -0.1) is 12.4 Å². The average Bonchev–Trinajstić information content (AvgIpc) is 2.87. The molecule has 1 heterocycles. The van der Waals surface area contributed by atoms with E-state index in [-0.39, 0.29) is 12.4 Å². The van der Waals surface area contributed by atoms with Gasteiger partial charge in [0, 0.05) is 19.1 Å². The molecule has 3 heteroatoms. The molecule has 0 spiro atoms. The second-order valence-electron chi connectivity index (χ2n) is 5.82. The Labute approximate surface area is 127 Å². The molecule has 20 heavy (non-hydrogen) atoms.